The minimum atomic E-state index is -4.33. The van der Waals surface area contributed by atoms with E-state index in [0.717, 1.165) is 6.42 Å². The second kappa shape index (κ2) is 7.68. The van der Waals surface area contributed by atoms with E-state index in [-0.39, 0.29) is 17.1 Å². The minimum absolute atomic E-state index is 0.0248. The number of rotatable bonds is 4. The van der Waals surface area contributed by atoms with Crippen LogP contribution in [0.25, 0.3) is 0 Å². The predicted octanol–water partition coefficient (Wildman–Crippen LogP) is 2.97. The molecule has 0 saturated heterocycles. The number of carbonyl (C=O) groups excluding carboxylic acids is 1. The number of hydrogen-bond acceptors (Lipinski definition) is 4. The zero-order chi connectivity index (χ0) is 18.9. The second-order valence-corrected chi connectivity index (χ2v) is 15.6. The first-order valence-corrected chi connectivity index (χ1v) is 15.4. The van der Waals surface area contributed by atoms with Crippen LogP contribution in [0.5, 0.6) is 0 Å². The number of carbonyl (C=O) groups is 1. The van der Waals surface area contributed by atoms with Crippen molar-refractivity contribution in [1.82, 2.24) is 0 Å². The summed E-state index contributed by atoms with van der Waals surface area (Å²) in [7, 11) is -4.33. The van der Waals surface area contributed by atoms with E-state index >= 15 is 0 Å². The van der Waals surface area contributed by atoms with Gasteiger partial charge < -0.3 is 4.55 Å². The van der Waals surface area contributed by atoms with Crippen LogP contribution in [0.1, 0.15) is 40.0 Å². The van der Waals surface area contributed by atoms with Gasteiger partial charge in [0.1, 0.15) is 5.78 Å². The summed E-state index contributed by atoms with van der Waals surface area (Å²) in [5.41, 5.74) is -1.22. The van der Waals surface area contributed by atoms with Gasteiger partial charge in [-0.05, 0) is 24.2 Å². The molecule has 0 N–H and O–H groups in total. The molecule has 3 rings (SSSR count). The van der Waals surface area contributed by atoms with Gasteiger partial charge in [-0.1, -0.05) is 13.8 Å². The first-order valence-electron chi connectivity index (χ1n) is 8.68. The summed E-state index contributed by atoms with van der Waals surface area (Å²) in [5.74, 6) is -0.280. The molecule has 1 unspecified atom stereocenters. The molecule has 25 heavy (non-hydrogen) atoms. The summed E-state index contributed by atoms with van der Waals surface area (Å²) >= 11 is -0.819. The van der Waals surface area contributed by atoms with E-state index in [1.165, 1.54) is 4.47 Å². The zero-order valence-corrected chi connectivity index (χ0v) is 18.6. The van der Waals surface area contributed by atoms with Gasteiger partial charge in [0.2, 0.25) is 0 Å². The number of hydrogen-bond donors (Lipinski definition) is 0. The molecule has 140 valence electrons. The summed E-state index contributed by atoms with van der Waals surface area (Å²) in [6.07, 6.45) is 1.88. The van der Waals surface area contributed by atoms with E-state index in [1.54, 1.807) is 3.61 Å². The average Bonchev–Trinajstić information content (AvgIpc) is 2.88. The summed E-state index contributed by atoms with van der Waals surface area (Å²) in [6.45, 7) is 6.13. The predicted molar refractivity (Wildman–Crippen MR) is 101 cm³/mol. The Balaban J connectivity index is 0.000000196. The van der Waals surface area contributed by atoms with Crippen LogP contribution >= 0.6 is 0 Å². The molecule has 2 bridgehead atoms. The van der Waals surface area contributed by atoms with E-state index in [2.05, 4.69) is 42.2 Å². The van der Waals surface area contributed by atoms with Gasteiger partial charge in [-0.2, -0.15) is 0 Å². The summed E-state index contributed by atoms with van der Waals surface area (Å²) in [6, 6.07) is 10.9. The quantitative estimate of drug-likeness (QED) is 0.491. The molecule has 2 atom stereocenters. The summed E-state index contributed by atoms with van der Waals surface area (Å²) in [4.78, 5) is 14.3. The molecular formula is C19H28O4STe. The molecule has 0 spiro atoms. The van der Waals surface area contributed by atoms with Gasteiger partial charge in [-0.3, -0.25) is 4.79 Å². The van der Waals surface area contributed by atoms with Gasteiger partial charge in [0.25, 0.3) is 0 Å². The molecule has 1 aromatic carbocycles. The van der Waals surface area contributed by atoms with Crippen molar-refractivity contribution in [2.75, 3.05) is 5.75 Å². The third-order valence-corrected chi connectivity index (χ3v) is 12.5. The zero-order valence-electron chi connectivity index (χ0n) is 15.4. The van der Waals surface area contributed by atoms with E-state index in [4.69, 9.17) is 0 Å². The molecule has 2 saturated carbocycles. The van der Waals surface area contributed by atoms with E-state index in [9.17, 15) is 17.8 Å². The normalized spacial score (nSPS) is 27.3. The van der Waals surface area contributed by atoms with Crippen molar-refractivity contribution in [1.29, 1.82) is 0 Å². The molecule has 0 radical (unpaired) electrons. The van der Waals surface area contributed by atoms with Crippen molar-refractivity contribution in [3.63, 3.8) is 0 Å². The molecule has 2 aliphatic carbocycles. The number of Topliss-reactive ketones (excluding diaryl/α,β-unsaturated/α-hetero) is 1. The Labute approximate surface area is 158 Å². The fourth-order valence-electron chi connectivity index (χ4n) is 4.23. The Kier molecular flexibility index (Phi) is 6.42. The maximum atomic E-state index is 11.8. The van der Waals surface area contributed by atoms with E-state index in [1.807, 2.05) is 13.8 Å². The first-order chi connectivity index (χ1) is 11.5. The van der Waals surface area contributed by atoms with Gasteiger partial charge in [0.05, 0.1) is 15.9 Å². The third kappa shape index (κ3) is 4.30. The third-order valence-electron chi connectivity index (χ3n) is 6.14. The Hall–Kier alpha value is -0.410. The van der Waals surface area contributed by atoms with Gasteiger partial charge in [-0.15, -0.1) is 0 Å². The number of fused-ring (bicyclic) bond motifs is 2. The molecule has 4 nitrogen and oxygen atoms in total. The average molecular weight is 480 g/mol. The second-order valence-electron chi connectivity index (χ2n) is 7.61. The molecule has 2 aliphatic rings. The molecule has 0 amide bonds. The van der Waals surface area contributed by atoms with Crippen LogP contribution in [0.15, 0.2) is 30.3 Å². The monoisotopic (exact) mass is 482 g/mol. The van der Waals surface area contributed by atoms with Crippen molar-refractivity contribution >= 4 is 39.1 Å². The van der Waals surface area contributed by atoms with Crippen LogP contribution < -0.4 is 3.61 Å². The topological polar surface area (TPSA) is 74.3 Å². The van der Waals surface area contributed by atoms with Crippen molar-refractivity contribution in [2.24, 2.45) is 16.7 Å². The first kappa shape index (κ1) is 20.9. The fraction of sp³-hybridized carbons (Fsp3) is 0.632. The van der Waals surface area contributed by atoms with Crippen molar-refractivity contribution < 1.29 is 17.8 Å². The van der Waals surface area contributed by atoms with Gasteiger partial charge in [-0.25, -0.2) is 8.42 Å². The molecule has 1 aromatic rings. The fourth-order valence-corrected chi connectivity index (χ4v) is 8.24. The van der Waals surface area contributed by atoms with Crippen LogP contribution in [-0.2, 0) is 14.9 Å². The molecule has 6 heteroatoms. The molecule has 2 fully saturated rings. The SMILES string of the molecule is CC1(C)C2CC[C@@]1(CS(=O)(=O)[O-])C(=O)C2.CC[Te+](C)c1ccccc1. The van der Waals surface area contributed by atoms with Crippen LogP contribution in [0, 0.1) is 16.7 Å². The van der Waals surface area contributed by atoms with Gasteiger partial charge in [0.15, 0.2) is 0 Å². The molecule has 0 aliphatic heterocycles. The number of ketones is 1. The van der Waals surface area contributed by atoms with Gasteiger partial charge >= 0.3 is 69.9 Å². The van der Waals surface area contributed by atoms with Crippen LogP contribution in [0.3, 0.4) is 0 Å². The van der Waals surface area contributed by atoms with E-state index in [0.29, 0.717) is 12.8 Å². The van der Waals surface area contributed by atoms with Crippen molar-refractivity contribution in [3.05, 3.63) is 30.3 Å². The summed E-state index contributed by atoms with van der Waals surface area (Å²) < 4.78 is 35.7. The Morgan fingerprint density at radius 1 is 1.24 bits per heavy atom. The Bertz CT molecular complexity index is 714. The Morgan fingerprint density at radius 2 is 1.84 bits per heavy atom. The van der Waals surface area contributed by atoms with Crippen LogP contribution in [0.4, 0.5) is 0 Å². The van der Waals surface area contributed by atoms with Crippen molar-refractivity contribution in [3.8, 4) is 0 Å². The van der Waals surface area contributed by atoms with Crippen LogP contribution in [-0.4, -0.2) is 44.1 Å². The number of benzene rings is 1. The Morgan fingerprint density at radius 3 is 2.24 bits per heavy atom. The van der Waals surface area contributed by atoms with E-state index < -0.39 is 40.8 Å². The standard InChI is InChI=1S/C10H16O4S.C9H13Te/c1-9(2)7-3-4-10(9,8(11)5-7)6-15(12,13)14;1-3-10(2)9-7-5-4-6-8-9/h7H,3-6H2,1-2H3,(H,12,13,14);4-8H,3H2,1-2H3/q;+1/p-1/t7?,10-;/m1./s1. The van der Waals surface area contributed by atoms with Gasteiger partial charge in [0, 0.05) is 11.8 Å². The van der Waals surface area contributed by atoms with Crippen LogP contribution in [0.2, 0.25) is 9.44 Å². The maximum absolute atomic E-state index is 11.8. The summed E-state index contributed by atoms with van der Waals surface area (Å²) in [5, 5.41) is 0. The molecule has 0 aromatic heterocycles. The molecule has 0 heterocycles. The van der Waals surface area contributed by atoms with Crippen molar-refractivity contribution in [2.45, 2.75) is 49.5 Å². The molecular weight excluding hydrogens is 452 g/mol.